The Hall–Kier alpha value is -1.84. The number of carbonyl (C=O) groups is 1. The van der Waals surface area contributed by atoms with Gasteiger partial charge in [0.2, 0.25) is 5.91 Å². The summed E-state index contributed by atoms with van der Waals surface area (Å²) < 4.78 is 0. The van der Waals surface area contributed by atoms with Gasteiger partial charge in [0.05, 0.1) is 5.92 Å². The van der Waals surface area contributed by atoms with Crippen molar-refractivity contribution in [2.24, 2.45) is 11.7 Å². The van der Waals surface area contributed by atoms with E-state index in [-0.39, 0.29) is 17.9 Å². The monoisotopic (exact) mass is 288 g/mol. The molecule has 2 atom stereocenters. The molecule has 0 aliphatic carbocycles. The van der Waals surface area contributed by atoms with Gasteiger partial charge in [-0.1, -0.05) is 54.9 Å². The molecule has 2 rings (SSSR count). The van der Waals surface area contributed by atoms with E-state index in [0.29, 0.717) is 10.7 Å². The molecule has 0 saturated carbocycles. The van der Waals surface area contributed by atoms with Gasteiger partial charge in [-0.05, 0) is 23.8 Å². The van der Waals surface area contributed by atoms with E-state index in [1.165, 1.54) is 0 Å². The first-order valence-electron chi connectivity index (χ1n) is 6.45. The van der Waals surface area contributed by atoms with Crippen molar-refractivity contribution >= 4 is 23.2 Å². The second-order valence-corrected chi connectivity index (χ2v) is 5.16. The quantitative estimate of drug-likeness (QED) is 0.903. The van der Waals surface area contributed by atoms with E-state index in [0.717, 1.165) is 5.56 Å². The third-order valence-corrected chi connectivity index (χ3v) is 3.46. The highest BCUT2D eigenvalue weighted by atomic mass is 35.5. The lowest BCUT2D eigenvalue weighted by Crippen LogP contribution is -2.30. The van der Waals surface area contributed by atoms with Gasteiger partial charge in [-0.25, -0.2) is 0 Å². The van der Waals surface area contributed by atoms with Gasteiger partial charge in [0, 0.05) is 16.8 Å². The van der Waals surface area contributed by atoms with Gasteiger partial charge in [0.25, 0.3) is 0 Å². The molecule has 0 saturated heterocycles. The van der Waals surface area contributed by atoms with Crippen molar-refractivity contribution in [1.29, 1.82) is 0 Å². The number of amides is 1. The van der Waals surface area contributed by atoms with Gasteiger partial charge in [0.15, 0.2) is 0 Å². The zero-order valence-electron chi connectivity index (χ0n) is 11.2. The summed E-state index contributed by atoms with van der Waals surface area (Å²) in [5.41, 5.74) is 7.76. The number of hydrogen-bond donors (Lipinski definition) is 2. The van der Waals surface area contributed by atoms with Gasteiger partial charge in [-0.3, -0.25) is 4.79 Å². The van der Waals surface area contributed by atoms with Crippen LogP contribution >= 0.6 is 11.6 Å². The molecule has 2 unspecified atom stereocenters. The number of benzene rings is 2. The number of halogens is 1. The van der Waals surface area contributed by atoms with E-state index in [2.05, 4.69) is 5.32 Å². The molecule has 20 heavy (non-hydrogen) atoms. The summed E-state index contributed by atoms with van der Waals surface area (Å²) in [7, 11) is 0. The summed E-state index contributed by atoms with van der Waals surface area (Å²) in [6, 6.07) is 16.3. The SMILES string of the molecule is CC(C(=O)Nc1cccc(Cl)c1)C(N)c1ccccc1. The number of rotatable bonds is 4. The minimum atomic E-state index is -0.338. The standard InChI is InChI=1S/C16H17ClN2O/c1-11(15(18)12-6-3-2-4-7-12)16(20)19-14-9-5-8-13(17)10-14/h2-11,15H,18H2,1H3,(H,19,20). The van der Waals surface area contributed by atoms with Crippen molar-refractivity contribution in [3.05, 3.63) is 65.2 Å². The lowest BCUT2D eigenvalue weighted by Gasteiger charge is -2.19. The predicted molar refractivity (Wildman–Crippen MR) is 82.6 cm³/mol. The van der Waals surface area contributed by atoms with E-state index in [4.69, 9.17) is 17.3 Å². The highest BCUT2D eigenvalue weighted by Crippen LogP contribution is 2.21. The lowest BCUT2D eigenvalue weighted by molar-refractivity contribution is -0.120. The second-order valence-electron chi connectivity index (χ2n) is 4.72. The smallest absolute Gasteiger partial charge is 0.229 e. The van der Waals surface area contributed by atoms with E-state index < -0.39 is 0 Å². The largest absolute Gasteiger partial charge is 0.326 e. The first kappa shape index (κ1) is 14.6. The first-order chi connectivity index (χ1) is 9.58. The zero-order valence-corrected chi connectivity index (χ0v) is 12.0. The van der Waals surface area contributed by atoms with Gasteiger partial charge < -0.3 is 11.1 Å². The molecule has 1 amide bonds. The van der Waals surface area contributed by atoms with Crippen LogP contribution in [0.1, 0.15) is 18.5 Å². The number of nitrogens with two attached hydrogens (primary N) is 1. The Labute approximate surface area is 123 Å². The van der Waals surface area contributed by atoms with E-state index in [1.807, 2.05) is 37.3 Å². The zero-order chi connectivity index (χ0) is 14.5. The van der Waals surface area contributed by atoms with Crippen molar-refractivity contribution in [3.63, 3.8) is 0 Å². The molecule has 0 aliphatic heterocycles. The Kier molecular flexibility index (Phi) is 4.77. The molecule has 2 aromatic carbocycles. The Bertz CT molecular complexity index is 586. The molecule has 0 aromatic heterocycles. The number of hydrogen-bond acceptors (Lipinski definition) is 2. The lowest BCUT2D eigenvalue weighted by atomic mass is 9.94. The van der Waals surface area contributed by atoms with Crippen LogP contribution in [-0.4, -0.2) is 5.91 Å². The summed E-state index contributed by atoms with van der Waals surface area (Å²) in [5.74, 6) is -0.458. The fraction of sp³-hybridized carbons (Fsp3) is 0.188. The Morgan fingerprint density at radius 2 is 1.85 bits per heavy atom. The average Bonchev–Trinajstić information content (AvgIpc) is 2.46. The summed E-state index contributed by atoms with van der Waals surface area (Å²) in [4.78, 5) is 12.2. The maximum absolute atomic E-state index is 12.2. The van der Waals surface area contributed by atoms with Crippen molar-refractivity contribution < 1.29 is 4.79 Å². The highest BCUT2D eigenvalue weighted by Gasteiger charge is 2.22. The number of nitrogens with one attached hydrogen (secondary N) is 1. The van der Waals surface area contributed by atoms with Crippen LogP contribution in [-0.2, 0) is 4.79 Å². The molecule has 0 spiro atoms. The normalized spacial score (nSPS) is 13.6. The minimum Gasteiger partial charge on any atom is -0.326 e. The van der Waals surface area contributed by atoms with Crippen molar-refractivity contribution in [3.8, 4) is 0 Å². The van der Waals surface area contributed by atoms with Crippen LogP contribution in [0.25, 0.3) is 0 Å². The van der Waals surface area contributed by atoms with E-state index >= 15 is 0 Å². The van der Waals surface area contributed by atoms with Gasteiger partial charge in [-0.15, -0.1) is 0 Å². The Morgan fingerprint density at radius 3 is 2.50 bits per heavy atom. The van der Waals surface area contributed by atoms with Crippen LogP contribution in [0.3, 0.4) is 0 Å². The third kappa shape index (κ3) is 3.59. The topological polar surface area (TPSA) is 55.1 Å². The summed E-state index contributed by atoms with van der Waals surface area (Å²) in [6.07, 6.45) is 0. The molecule has 0 radical (unpaired) electrons. The van der Waals surface area contributed by atoms with E-state index in [9.17, 15) is 4.79 Å². The van der Waals surface area contributed by atoms with E-state index in [1.54, 1.807) is 24.3 Å². The molecule has 3 nitrogen and oxygen atoms in total. The van der Waals surface area contributed by atoms with Crippen molar-refractivity contribution in [2.75, 3.05) is 5.32 Å². The maximum Gasteiger partial charge on any atom is 0.229 e. The van der Waals surface area contributed by atoms with Crippen LogP contribution in [0, 0.1) is 5.92 Å². The highest BCUT2D eigenvalue weighted by molar-refractivity contribution is 6.30. The van der Waals surface area contributed by atoms with Crippen LogP contribution in [0.15, 0.2) is 54.6 Å². The maximum atomic E-state index is 12.2. The molecule has 0 heterocycles. The van der Waals surface area contributed by atoms with Crippen LogP contribution in [0.5, 0.6) is 0 Å². The van der Waals surface area contributed by atoms with Gasteiger partial charge >= 0.3 is 0 Å². The molecule has 0 fully saturated rings. The molecular weight excluding hydrogens is 272 g/mol. The van der Waals surface area contributed by atoms with Crippen LogP contribution < -0.4 is 11.1 Å². The Balaban J connectivity index is 2.05. The second kappa shape index (κ2) is 6.55. The fourth-order valence-electron chi connectivity index (χ4n) is 1.95. The molecule has 4 heteroatoms. The summed E-state index contributed by atoms with van der Waals surface area (Å²) in [5, 5.41) is 3.42. The van der Waals surface area contributed by atoms with Crippen molar-refractivity contribution in [1.82, 2.24) is 0 Å². The molecule has 2 aromatic rings. The van der Waals surface area contributed by atoms with Crippen molar-refractivity contribution in [2.45, 2.75) is 13.0 Å². The van der Waals surface area contributed by atoms with Crippen LogP contribution in [0.2, 0.25) is 5.02 Å². The summed E-state index contributed by atoms with van der Waals surface area (Å²) in [6.45, 7) is 1.82. The molecule has 0 bridgehead atoms. The third-order valence-electron chi connectivity index (χ3n) is 3.23. The Morgan fingerprint density at radius 1 is 1.15 bits per heavy atom. The molecule has 104 valence electrons. The fourth-order valence-corrected chi connectivity index (χ4v) is 2.14. The average molecular weight is 289 g/mol. The molecule has 0 aliphatic rings. The minimum absolute atomic E-state index is 0.122. The van der Waals surface area contributed by atoms with Gasteiger partial charge in [-0.2, -0.15) is 0 Å². The first-order valence-corrected chi connectivity index (χ1v) is 6.82. The van der Waals surface area contributed by atoms with Gasteiger partial charge in [0.1, 0.15) is 0 Å². The molecular formula is C16H17ClN2O. The number of carbonyl (C=O) groups excluding carboxylic acids is 1. The molecule has 3 N–H and O–H groups in total. The number of anilines is 1. The van der Waals surface area contributed by atoms with Crippen LogP contribution in [0.4, 0.5) is 5.69 Å². The predicted octanol–water partition coefficient (Wildman–Crippen LogP) is 3.61. The summed E-state index contributed by atoms with van der Waals surface area (Å²) >= 11 is 5.89.